The lowest BCUT2D eigenvalue weighted by atomic mass is 10.1. The summed E-state index contributed by atoms with van der Waals surface area (Å²) in [6, 6.07) is 10.8. The Labute approximate surface area is 206 Å². The number of carbonyl (C=O) groups is 2. The second-order valence-corrected chi connectivity index (χ2v) is 8.74. The van der Waals surface area contributed by atoms with E-state index in [1.54, 1.807) is 31.5 Å². The minimum atomic E-state index is -4.55. The van der Waals surface area contributed by atoms with Gasteiger partial charge in [-0.15, -0.1) is 0 Å². The zero-order valence-corrected chi connectivity index (χ0v) is 19.9. The Morgan fingerprint density at radius 1 is 0.889 bits per heavy atom. The largest absolute Gasteiger partial charge is 0.416 e. The summed E-state index contributed by atoms with van der Waals surface area (Å²) in [5.41, 5.74) is 1.69. The number of anilines is 3. The monoisotopic (exact) mass is 497 g/mol. The number of benzene rings is 2. The number of pyridine rings is 1. The normalized spacial score (nSPS) is 14.4. The Balaban J connectivity index is 1.47. The number of piperazine rings is 1. The van der Waals surface area contributed by atoms with E-state index < -0.39 is 17.6 Å². The van der Waals surface area contributed by atoms with Gasteiger partial charge in [-0.2, -0.15) is 13.2 Å². The predicted molar refractivity (Wildman–Crippen MR) is 132 cm³/mol. The van der Waals surface area contributed by atoms with E-state index in [1.165, 1.54) is 18.2 Å². The van der Waals surface area contributed by atoms with Crippen molar-refractivity contribution in [2.75, 3.05) is 48.8 Å². The molecule has 2 N–H and O–H groups in total. The molecule has 0 unspecified atom stereocenters. The highest BCUT2D eigenvalue weighted by atomic mass is 19.4. The van der Waals surface area contributed by atoms with Gasteiger partial charge in [0.1, 0.15) is 0 Å². The Hall–Kier alpha value is -3.92. The van der Waals surface area contributed by atoms with Crippen molar-refractivity contribution >= 4 is 28.9 Å². The van der Waals surface area contributed by atoms with Gasteiger partial charge in [-0.3, -0.25) is 14.6 Å². The molecule has 188 valence electrons. The Morgan fingerprint density at radius 2 is 1.61 bits per heavy atom. The second-order valence-electron chi connectivity index (χ2n) is 8.74. The first-order valence-corrected chi connectivity index (χ1v) is 11.4. The van der Waals surface area contributed by atoms with Crippen molar-refractivity contribution in [3.63, 3.8) is 0 Å². The first-order valence-electron chi connectivity index (χ1n) is 11.4. The van der Waals surface area contributed by atoms with Crippen LogP contribution in [-0.4, -0.2) is 54.9 Å². The number of aryl methyl sites for hydroxylation is 1. The van der Waals surface area contributed by atoms with Crippen molar-refractivity contribution in [1.29, 1.82) is 0 Å². The Kier molecular flexibility index (Phi) is 7.25. The second kappa shape index (κ2) is 10.4. The van der Waals surface area contributed by atoms with E-state index in [1.807, 2.05) is 6.07 Å². The number of amides is 2. The molecule has 2 aromatic carbocycles. The minimum Gasteiger partial charge on any atom is -0.368 e. The minimum absolute atomic E-state index is 0.136. The maximum Gasteiger partial charge on any atom is 0.416 e. The van der Waals surface area contributed by atoms with Crippen LogP contribution in [0.15, 0.2) is 60.9 Å². The van der Waals surface area contributed by atoms with Crippen LogP contribution in [0.25, 0.3) is 0 Å². The van der Waals surface area contributed by atoms with Crippen LogP contribution in [0.2, 0.25) is 0 Å². The Bertz CT molecular complexity index is 1270. The lowest BCUT2D eigenvalue weighted by Gasteiger charge is -2.33. The molecular weight excluding hydrogens is 471 g/mol. The SMILES string of the molecule is Cc1ccc(NC(=O)c2cccc(C(F)(F)F)c2)cc1C(=O)Nc1cncc(N2CCN(C)CC2)c1. The van der Waals surface area contributed by atoms with Gasteiger partial charge in [-0.1, -0.05) is 12.1 Å². The van der Waals surface area contributed by atoms with Crippen LogP contribution in [0.4, 0.5) is 30.2 Å². The third-order valence-electron chi connectivity index (χ3n) is 6.04. The van der Waals surface area contributed by atoms with Gasteiger partial charge in [-0.05, 0) is 55.9 Å². The standard InChI is InChI=1S/C26H26F3N5O2/c1-17-6-7-20(31-24(35)18-4-3-5-19(12-18)26(27,28)29)14-23(17)25(36)32-21-13-22(16-30-15-21)34-10-8-33(2)9-11-34/h3-7,12-16H,8-11H2,1-2H3,(H,31,35)(H,32,36). The maximum atomic E-state index is 13.0. The number of likely N-dealkylation sites (N-methyl/N-ethyl adjacent to an activating group) is 1. The van der Waals surface area contributed by atoms with E-state index in [-0.39, 0.29) is 17.2 Å². The molecule has 0 spiro atoms. The summed E-state index contributed by atoms with van der Waals surface area (Å²) in [5.74, 6) is -1.10. The third-order valence-corrected chi connectivity index (χ3v) is 6.04. The van der Waals surface area contributed by atoms with Crippen molar-refractivity contribution in [2.45, 2.75) is 13.1 Å². The van der Waals surface area contributed by atoms with Crippen LogP contribution >= 0.6 is 0 Å². The number of rotatable bonds is 5. The number of halogens is 3. The van der Waals surface area contributed by atoms with Gasteiger partial charge in [0.15, 0.2) is 0 Å². The molecule has 1 aliphatic heterocycles. The lowest BCUT2D eigenvalue weighted by Crippen LogP contribution is -2.44. The zero-order chi connectivity index (χ0) is 25.9. The van der Waals surface area contributed by atoms with Crippen LogP contribution in [0.5, 0.6) is 0 Å². The van der Waals surface area contributed by atoms with E-state index >= 15 is 0 Å². The molecule has 1 aromatic heterocycles. The molecule has 1 aliphatic rings. The van der Waals surface area contributed by atoms with Gasteiger partial charge in [0, 0.05) is 43.0 Å². The van der Waals surface area contributed by atoms with Crippen LogP contribution in [0, 0.1) is 6.92 Å². The fraction of sp³-hybridized carbons (Fsp3) is 0.269. The maximum absolute atomic E-state index is 13.0. The number of hydrogen-bond donors (Lipinski definition) is 2. The van der Waals surface area contributed by atoms with Gasteiger partial charge in [0.2, 0.25) is 0 Å². The smallest absolute Gasteiger partial charge is 0.368 e. The average Bonchev–Trinajstić information content (AvgIpc) is 2.85. The molecule has 0 saturated carbocycles. The lowest BCUT2D eigenvalue weighted by molar-refractivity contribution is -0.137. The average molecular weight is 498 g/mol. The fourth-order valence-electron chi connectivity index (χ4n) is 3.92. The van der Waals surface area contributed by atoms with Gasteiger partial charge in [0.25, 0.3) is 11.8 Å². The van der Waals surface area contributed by atoms with E-state index in [9.17, 15) is 22.8 Å². The quantitative estimate of drug-likeness (QED) is 0.536. The fourth-order valence-corrected chi connectivity index (χ4v) is 3.92. The van der Waals surface area contributed by atoms with Gasteiger partial charge >= 0.3 is 6.18 Å². The van der Waals surface area contributed by atoms with Gasteiger partial charge < -0.3 is 20.4 Å². The molecule has 0 bridgehead atoms. The molecule has 2 heterocycles. The van der Waals surface area contributed by atoms with Crippen molar-refractivity contribution < 1.29 is 22.8 Å². The molecular formula is C26H26F3N5O2. The summed E-state index contributed by atoms with van der Waals surface area (Å²) in [6.45, 7) is 5.36. The number of hydrogen-bond acceptors (Lipinski definition) is 5. The number of nitrogens with zero attached hydrogens (tertiary/aromatic N) is 3. The molecule has 0 radical (unpaired) electrons. The summed E-state index contributed by atoms with van der Waals surface area (Å²) < 4.78 is 39.0. The highest BCUT2D eigenvalue weighted by Crippen LogP contribution is 2.30. The van der Waals surface area contributed by atoms with Crippen LogP contribution in [-0.2, 0) is 6.18 Å². The van der Waals surface area contributed by atoms with Crippen LogP contribution in [0.1, 0.15) is 31.8 Å². The van der Waals surface area contributed by atoms with E-state index in [2.05, 4.69) is 32.5 Å². The summed E-state index contributed by atoms with van der Waals surface area (Å²) in [4.78, 5) is 34.3. The van der Waals surface area contributed by atoms with Crippen molar-refractivity contribution in [3.05, 3.63) is 83.2 Å². The molecule has 10 heteroatoms. The molecule has 0 aliphatic carbocycles. The predicted octanol–water partition coefficient (Wildman–Crippen LogP) is 4.67. The summed E-state index contributed by atoms with van der Waals surface area (Å²) in [5, 5.41) is 5.42. The molecule has 3 aromatic rings. The number of carbonyl (C=O) groups excluding carboxylic acids is 2. The molecule has 1 saturated heterocycles. The van der Waals surface area contributed by atoms with E-state index in [0.717, 1.165) is 44.0 Å². The topological polar surface area (TPSA) is 77.6 Å². The first-order chi connectivity index (χ1) is 17.1. The van der Waals surface area contributed by atoms with Gasteiger partial charge in [0.05, 0.1) is 29.3 Å². The van der Waals surface area contributed by atoms with E-state index in [0.29, 0.717) is 16.8 Å². The third kappa shape index (κ3) is 6.01. The summed E-state index contributed by atoms with van der Waals surface area (Å²) in [7, 11) is 2.07. The number of nitrogens with one attached hydrogen (secondary N) is 2. The zero-order valence-electron chi connectivity index (χ0n) is 19.9. The first kappa shape index (κ1) is 25.2. The van der Waals surface area contributed by atoms with E-state index in [4.69, 9.17) is 0 Å². The molecule has 2 amide bonds. The molecule has 7 nitrogen and oxygen atoms in total. The van der Waals surface area contributed by atoms with Crippen LogP contribution in [0.3, 0.4) is 0 Å². The molecule has 4 rings (SSSR count). The highest BCUT2D eigenvalue weighted by molar-refractivity contribution is 6.08. The van der Waals surface area contributed by atoms with Crippen molar-refractivity contribution in [1.82, 2.24) is 9.88 Å². The number of alkyl halides is 3. The van der Waals surface area contributed by atoms with Gasteiger partial charge in [-0.25, -0.2) is 0 Å². The van der Waals surface area contributed by atoms with Crippen molar-refractivity contribution in [3.8, 4) is 0 Å². The summed E-state index contributed by atoms with van der Waals surface area (Å²) in [6.07, 6.45) is -1.23. The molecule has 36 heavy (non-hydrogen) atoms. The Morgan fingerprint density at radius 3 is 2.33 bits per heavy atom. The van der Waals surface area contributed by atoms with Crippen molar-refractivity contribution in [2.24, 2.45) is 0 Å². The summed E-state index contributed by atoms with van der Waals surface area (Å²) >= 11 is 0. The molecule has 1 fully saturated rings. The van der Waals surface area contributed by atoms with Crippen LogP contribution < -0.4 is 15.5 Å². The number of aromatic nitrogens is 1. The molecule has 0 atom stereocenters. The highest BCUT2D eigenvalue weighted by Gasteiger charge is 2.31.